The number of hydrogen-bond acceptors (Lipinski definition) is 3. The van der Waals surface area contributed by atoms with Crippen LogP contribution in [-0.2, 0) is 6.54 Å². The molecule has 100 valence electrons. The van der Waals surface area contributed by atoms with E-state index in [1.165, 1.54) is 19.3 Å². The van der Waals surface area contributed by atoms with Crippen molar-refractivity contribution in [2.75, 3.05) is 20.8 Å². The highest BCUT2D eigenvalue weighted by molar-refractivity contribution is 6.32. The lowest BCUT2D eigenvalue weighted by Gasteiger charge is -2.12. The van der Waals surface area contributed by atoms with Gasteiger partial charge in [-0.1, -0.05) is 24.4 Å². The third-order valence-electron chi connectivity index (χ3n) is 3.25. The molecule has 2 rings (SSSR count). The summed E-state index contributed by atoms with van der Waals surface area (Å²) in [7, 11) is 3.22. The van der Waals surface area contributed by atoms with Crippen LogP contribution in [0.15, 0.2) is 12.1 Å². The zero-order valence-corrected chi connectivity index (χ0v) is 11.7. The van der Waals surface area contributed by atoms with Gasteiger partial charge in [0.15, 0.2) is 11.5 Å². The van der Waals surface area contributed by atoms with Crippen molar-refractivity contribution in [3.8, 4) is 11.5 Å². The van der Waals surface area contributed by atoms with Crippen molar-refractivity contribution in [1.29, 1.82) is 0 Å². The van der Waals surface area contributed by atoms with Gasteiger partial charge < -0.3 is 14.8 Å². The predicted octanol–water partition coefficient (Wildman–Crippen LogP) is 3.25. The Labute approximate surface area is 113 Å². The highest BCUT2D eigenvalue weighted by Crippen LogP contribution is 2.36. The third kappa shape index (κ3) is 3.53. The third-order valence-corrected chi connectivity index (χ3v) is 3.53. The van der Waals surface area contributed by atoms with E-state index in [0.29, 0.717) is 16.5 Å². The number of methoxy groups -OCH3 is 2. The first-order valence-electron chi connectivity index (χ1n) is 6.35. The zero-order valence-electron chi connectivity index (χ0n) is 11.0. The molecule has 1 aliphatic rings. The first kappa shape index (κ1) is 13.5. The fraction of sp³-hybridized carbons (Fsp3) is 0.571. The summed E-state index contributed by atoms with van der Waals surface area (Å²) in [5, 5.41) is 4.03. The molecule has 1 saturated carbocycles. The molecule has 0 amide bonds. The first-order chi connectivity index (χ1) is 8.74. The molecule has 0 bridgehead atoms. The average Bonchev–Trinajstić information content (AvgIpc) is 3.18. The molecule has 0 unspecified atom stereocenters. The topological polar surface area (TPSA) is 30.5 Å². The normalized spacial score (nSPS) is 14.6. The molecular formula is C14H20ClNO2. The van der Waals surface area contributed by atoms with Gasteiger partial charge in [-0.25, -0.2) is 0 Å². The van der Waals surface area contributed by atoms with Gasteiger partial charge >= 0.3 is 0 Å². The van der Waals surface area contributed by atoms with Crippen LogP contribution < -0.4 is 14.8 Å². The van der Waals surface area contributed by atoms with Crippen molar-refractivity contribution >= 4 is 11.6 Å². The smallest absolute Gasteiger partial charge is 0.179 e. The quantitative estimate of drug-likeness (QED) is 0.771. The van der Waals surface area contributed by atoms with Gasteiger partial charge in [0.1, 0.15) is 0 Å². The molecular weight excluding hydrogens is 250 g/mol. The minimum atomic E-state index is 0.593. The maximum atomic E-state index is 6.15. The minimum Gasteiger partial charge on any atom is -0.493 e. The van der Waals surface area contributed by atoms with Crippen molar-refractivity contribution in [3.05, 3.63) is 22.7 Å². The highest BCUT2D eigenvalue weighted by Gasteiger charge is 2.20. The van der Waals surface area contributed by atoms with E-state index < -0.39 is 0 Å². The summed E-state index contributed by atoms with van der Waals surface area (Å²) < 4.78 is 10.5. The lowest BCUT2D eigenvalue weighted by atomic mass is 10.2. The monoisotopic (exact) mass is 269 g/mol. The van der Waals surface area contributed by atoms with Crippen LogP contribution in [0.2, 0.25) is 5.02 Å². The molecule has 1 fully saturated rings. The van der Waals surface area contributed by atoms with E-state index >= 15 is 0 Å². The van der Waals surface area contributed by atoms with E-state index in [1.807, 2.05) is 12.1 Å². The maximum absolute atomic E-state index is 6.15. The summed E-state index contributed by atoms with van der Waals surface area (Å²) in [4.78, 5) is 0. The van der Waals surface area contributed by atoms with Gasteiger partial charge in [0.25, 0.3) is 0 Å². The second-order valence-corrected chi connectivity index (χ2v) is 5.13. The van der Waals surface area contributed by atoms with Gasteiger partial charge in [0.05, 0.1) is 19.2 Å². The summed E-state index contributed by atoms with van der Waals surface area (Å²) in [6, 6.07) is 3.89. The molecule has 1 N–H and O–H groups in total. The summed E-state index contributed by atoms with van der Waals surface area (Å²) >= 11 is 6.15. The Morgan fingerprint density at radius 1 is 1.28 bits per heavy atom. The van der Waals surface area contributed by atoms with E-state index in [-0.39, 0.29) is 0 Å². The number of benzene rings is 1. The molecule has 0 radical (unpaired) electrons. The fourth-order valence-corrected chi connectivity index (χ4v) is 2.33. The van der Waals surface area contributed by atoms with E-state index in [4.69, 9.17) is 21.1 Å². The second-order valence-electron chi connectivity index (χ2n) is 4.72. The van der Waals surface area contributed by atoms with Crippen LogP contribution in [0.4, 0.5) is 0 Å². The average molecular weight is 270 g/mol. The Morgan fingerprint density at radius 2 is 2.06 bits per heavy atom. The van der Waals surface area contributed by atoms with E-state index in [1.54, 1.807) is 14.2 Å². The molecule has 3 nitrogen and oxygen atoms in total. The zero-order chi connectivity index (χ0) is 13.0. The Morgan fingerprint density at radius 3 is 2.67 bits per heavy atom. The Bertz CT molecular complexity index is 405. The van der Waals surface area contributed by atoms with Gasteiger partial charge in [-0.15, -0.1) is 0 Å². The van der Waals surface area contributed by atoms with E-state index in [9.17, 15) is 0 Å². The summed E-state index contributed by atoms with van der Waals surface area (Å²) in [6.45, 7) is 1.88. The van der Waals surface area contributed by atoms with Crippen LogP contribution in [0.3, 0.4) is 0 Å². The van der Waals surface area contributed by atoms with E-state index in [0.717, 1.165) is 24.6 Å². The molecule has 0 saturated heterocycles. The van der Waals surface area contributed by atoms with Crippen molar-refractivity contribution in [2.24, 2.45) is 5.92 Å². The fourth-order valence-electron chi connectivity index (χ4n) is 2.02. The number of ether oxygens (including phenoxy) is 2. The Kier molecular flexibility index (Phi) is 4.72. The lowest BCUT2D eigenvalue weighted by Crippen LogP contribution is -2.15. The van der Waals surface area contributed by atoms with Crippen molar-refractivity contribution in [1.82, 2.24) is 5.32 Å². The maximum Gasteiger partial charge on any atom is 0.179 e. The molecule has 1 aromatic rings. The molecule has 1 aliphatic carbocycles. The van der Waals surface area contributed by atoms with Crippen LogP contribution in [0.1, 0.15) is 24.8 Å². The van der Waals surface area contributed by atoms with Crippen LogP contribution in [0.5, 0.6) is 11.5 Å². The van der Waals surface area contributed by atoms with Crippen molar-refractivity contribution in [3.63, 3.8) is 0 Å². The van der Waals surface area contributed by atoms with Crippen molar-refractivity contribution in [2.45, 2.75) is 25.8 Å². The summed E-state index contributed by atoms with van der Waals surface area (Å²) in [5.41, 5.74) is 1.12. The van der Waals surface area contributed by atoms with Gasteiger partial charge in [0.2, 0.25) is 0 Å². The van der Waals surface area contributed by atoms with Crippen LogP contribution in [0, 0.1) is 5.92 Å². The first-order valence-corrected chi connectivity index (χ1v) is 6.73. The Balaban J connectivity index is 1.92. The van der Waals surface area contributed by atoms with Gasteiger partial charge in [-0.2, -0.15) is 0 Å². The minimum absolute atomic E-state index is 0.593. The summed E-state index contributed by atoms with van der Waals surface area (Å²) in [5.74, 6) is 2.25. The highest BCUT2D eigenvalue weighted by atomic mass is 35.5. The largest absolute Gasteiger partial charge is 0.493 e. The van der Waals surface area contributed by atoms with Gasteiger partial charge in [-0.05, 0) is 36.6 Å². The predicted molar refractivity (Wildman–Crippen MR) is 73.6 cm³/mol. The number of halogens is 1. The van der Waals surface area contributed by atoms with Crippen LogP contribution in [-0.4, -0.2) is 20.8 Å². The van der Waals surface area contributed by atoms with Crippen LogP contribution in [0.25, 0.3) is 0 Å². The standard InChI is InChI=1S/C14H20ClNO2/c1-17-13-8-11(7-12(15)14(13)18-2)9-16-6-5-10-3-4-10/h7-8,10,16H,3-6,9H2,1-2H3. The molecule has 1 aromatic carbocycles. The molecule has 0 heterocycles. The van der Waals surface area contributed by atoms with Gasteiger partial charge in [-0.3, -0.25) is 0 Å². The number of nitrogens with one attached hydrogen (secondary N) is 1. The number of rotatable bonds is 7. The van der Waals surface area contributed by atoms with Crippen LogP contribution >= 0.6 is 11.6 Å². The molecule has 0 atom stereocenters. The van der Waals surface area contributed by atoms with Crippen molar-refractivity contribution < 1.29 is 9.47 Å². The Hall–Kier alpha value is -0.930. The molecule has 0 aromatic heterocycles. The van der Waals surface area contributed by atoms with Gasteiger partial charge in [0, 0.05) is 6.54 Å². The molecule has 4 heteroatoms. The number of hydrogen-bond donors (Lipinski definition) is 1. The summed E-state index contributed by atoms with van der Waals surface area (Å²) in [6.07, 6.45) is 4.09. The molecule has 0 spiro atoms. The molecule has 0 aliphatic heterocycles. The lowest BCUT2D eigenvalue weighted by molar-refractivity contribution is 0.354. The second kappa shape index (κ2) is 6.30. The van der Waals surface area contributed by atoms with E-state index in [2.05, 4.69) is 5.32 Å². The SMILES string of the molecule is COc1cc(CNCCC2CC2)cc(Cl)c1OC. The molecule has 18 heavy (non-hydrogen) atoms.